The van der Waals surface area contributed by atoms with Crippen LogP contribution in [0.25, 0.3) is 0 Å². The first-order chi connectivity index (χ1) is 9.60. The molecule has 2 heteroatoms. The van der Waals surface area contributed by atoms with Crippen LogP contribution in [0, 0.1) is 0 Å². The zero-order valence-corrected chi connectivity index (χ0v) is 14.8. The van der Waals surface area contributed by atoms with E-state index in [4.69, 9.17) is 0 Å². The molecule has 3 rings (SSSR count). The van der Waals surface area contributed by atoms with Gasteiger partial charge in [-0.25, -0.2) is 0 Å². The zero-order valence-electron chi connectivity index (χ0n) is 13.1. The second-order valence-electron chi connectivity index (χ2n) is 6.49. The van der Waals surface area contributed by atoms with Crippen LogP contribution < -0.4 is 23.0 Å². The third-order valence-electron chi connectivity index (χ3n) is 5.00. The molecule has 0 nitrogen and oxygen atoms in total. The van der Waals surface area contributed by atoms with E-state index in [2.05, 4.69) is 75.4 Å². The van der Waals surface area contributed by atoms with Crippen LogP contribution in [-0.2, 0) is 5.41 Å². The van der Waals surface area contributed by atoms with Crippen LogP contribution in [0.1, 0.15) is 32.8 Å². The summed E-state index contributed by atoms with van der Waals surface area (Å²) in [5.41, 5.74) is 1.91. The van der Waals surface area contributed by atoms with Crippen molar-refractivity contribution in [2.24, 2.45) is 0 Å². The van der Waals surface area contributed by atoms with Crippen molar-refractivity contribution in [2.45, 2.75) is 32.6 Å². The zero-order chi connectivity index (χ0) is 14.2. The largest absolute Gasteiger partial charge is 1.00 e. The van der Waals surface area contributed by atoms with Gasteiger partial charge in [0.2, 0.25) is 0 Å². The summed E-state index contributed by atoms with van der Waals surface area (Å²) in [5.74, 6) is 0. The first kappa shape index (κ1) is 16.5. The normalized spacial score (nSPS) is 23.0. The number of hydrogen-bond donors (Lipinski definition) is 0. The Kier molecular flexibility index (Phi) is 4.81. The van der Waals surface area contributed by atoms with Crippen LogP contribution in [-0.4, -0.2) is 12.3 Å². The first-order valence-corrected chi connectivity index (χ1v) is 9.79. The van der Waals surface area contributed by atoms with Gasteiger partial charge in [-0.15, -0.1) is 0 Å². The number of halogens is 1. The highest BCUT2D eigenvalue weighted by Crippen LogP contribution is 2.61. The van der Waals surface area contributed by atoms with Crippen LogP contribution >= 0.6 is 7.26 Å². The molecule has 1 aliphatic rings. The first-order valence-electron chi connectivity index (χ1n) is 7.63. The Bertz CT molecular complexity index is 606. The van der Waals surface area contributed by atoms with Crippen LogP contribution in [0.15, 0.2) is 54.6 Å². The van der Waals surface area contributed by atoms with E-state index in [9.17, 15) is 0 Å². The Morgan fingerprint density at radius 2 is 1.57 bits per heavy atom. The molecule has 0 aliphatic carbocycles. The Morgan fingerprint density at radius 1 is 0.952 bits per heavy atom. The minimum atomic E-state index is -1.19. The molecule has 0 fully saturated rings. The van der Waals surface area contributed by atoms with E-state index in [1.165, 1.54) is 18.7 Å². The highest BCUT2D eigenvalue weighted by atomic mass is 35.5. The van der Waals surface area contributed by atoms with Gasteiger partial charge in [-0.2, -0.15) is 0 Å². The Hall–Kier alpha value is -0.840. The van der Waals surface area contributed by atoms with Crippen molar-refractivity contribution in [3.05, 3.63) is 60.2 Å². The van der Waals surface area contributed by atoms with Gasteiger partial charge in [-0.3, -0.25) is 0 Å². The quantitative estimate of drug-likeness (QED) is 0.734. The van der Waals surface area contributed by atoms with Gasteiger partial charge in [0.25, 0.3) is 0 Å². The second-order valence-corrected chi connectivity index (χ2v) is 10.5. The van der Waals surface area contributed by atoms with Gasteiger partial charge >= 0.3 is 0 Å². The van der Waals surface area contributed by atoms with E-state index in [1.807, 2.05) is 0 Å². The fraction of sp³-hybridized carbons (Fsp3) is 0.368. The van der Waals surface area contributed by atoms with Crippen molar-refractivity contribution in [1.82, 2.24) is 0 Å². The molecule has 0 spiro atoms. The lowest BCUT2D eigenvalue weighted by molar-refractivity contribution is -0.00000434. The lowest BCUT2D eigenvalue weighted by atomic mass is 9.82. The van der Waals surface area contributed by atoms with Crippen molar-refractivity contribution in [3.63, 3.8) is 0 Å². The monoisotopic (exact) mass is 318 g/mol. The topological polar surface area (TPSA) is 0 Å². The Labute approximate surface area is 135 Å². The smallest absolute Gasteiger partial charge is 0.103 e. The van der Waals surface area contributed by atoms with Gasteiger partial charge in [0, 0.05) is 5.56 Å². The molecular formula is C19H24ClP. The molecule has 2 aromatic carbocycles. The highest BCUT2D eigenvalue weighted by molar-refractivity contribution is 7.89. The minimum absolute atomic E-state index is 0. The van der Waals surface area contributed by atoms with Gasteiger partial charge < -0.3 is 12.4 Å². The summed E-state index contributed by atoms with van der Waals surface area (Å²) in [5, 5.41) is 3.25. The summed E-state index contributed by atoms with van der Waals surface area (Å²) in [7, 11) is -1.19. The molecule has 112 valence electrons. The molecule has 0 saturated heterocycles. The molecule has 21 heavy (non-hydrogen) atoms. The fourth-order valence-electron chi connectivity index (χ4n) is 3.64. The lowest BCUT2D eigenvalue weighted by Gasteiger charge is -2.39. The van der Waals surface area contributed by atoms with Crippen molar-refractivity contribution < 1.29 is 12.4 Å². The molecule has 0 amide bonds. The third kappa shape index (κ3) is 2.65. The van der Waals surface area contributed by atoms with E-state index in [-0.39, 0.29) is 12.4 Å². The van der Waals surface area contributed by atoms with E-state index < -0.39 is 7.26 Å². The van der Waals surface area contributed by atoms with Crippen molar-refractivity contribution >= 4 is 17.9 Å². The highest BCUT2D eigenvalue weighted by Gasteiger charge is 2.49. The Morgan fingerprint density at radius 3 is 2.24 bits per heavy atom. The summed E-state index contributed by atoms with van der Waals surface area (Å²) < 4.78 is 0. The van der Waals surface area contributed by atoms with Crippen LogP contribution in [0.2, 0.25) is 0 Å². The molecular weight excluding hydrogens is 295 g/mol. The van der Waals surface area contributed by atoms with Crippen molar-refractivity contribution in [3.8, 4) is 0 Å². The summed E-state index contributed by atoms with van der Waals surface area (Å²) in [6.45, 7) is 7.19. The number of rotatable bonds is 2. The number of hydrogen-bond acceptors (Lipinski definition) is 0. The molecule has 0 bridgehead atoms. The standard InChI is InChI=1S/C19H24P.ClH/c1-4-20(16-10-6-5-7-11-16)15-14-19(2,3)17-12-8-9-13-18(17)20;/h5-13H,4,14-15H2,1-3H3;1H/q+1;/p-1. The van der Waals surface area contributed by atoms with E-state index in [0.717, 1.165) is 0 Å². The van der Waals surface area contributed by atoms with Gasteiger partial charge in [0.1, 0.15) is 5.30 Å². The van der Waals surface area contributed by atoms with E-state index in [0.29, 0.717) is 5.41 Å². The maximum atomic E-state index is 2.40. The molecule has 1 aliphatic heterocycles. The third-order valence-corrected chi connectivity index (χ3v) is 9.67. The van der Waals surface area contributed by atoms with Gasteiger partial charge in [-0.05, 0) is 37.0 Å². The molecule has 0 N–H and O–H groups in total. The SMILES string of the molecule is CC[P+]1(c2ccccc2)CCC(C)(C)c2ccccc21.[Cl-]. The van der Waals surface area contributed by atoms with Crippen molar-refractivity contribution in [2.75, 3.05) is 12.3 Å². The molecule has 0 aromatic heterocycles. The van der Waals surface area contributed by atoms with Gasteiger partial charge in [0.15, 0.2) is 0 Å². The summed E-state index contributed by atoms with van der Waals surface area (Å²) in [6, 6.07) is 20.5. The summed E-state index contributed by atoms with van der Waals surface area (Å²) >= 11 is 0. The molecule has 2 aromatic rings. The van der Waals surface area contributed by atoms with Gasteiger partial charge in [0.05, 0.1) is 24.9 Å². The average Bonchev–Trinajstić information content (AvgIpc) is 2.49. The minimum Gasteiger partial charge on any atom is -1.00 e. The maximum absolute atomic E-state index is 2.40. The molecule has 1 unspecified atom stereocenters. The second kappa shape index (κ2) is 6.11. The predicted molar refractivity (Wildman–Crippen MR) is 92.1 cm³/mol. The van der Waals surface area contributed by atoms with E-state index in [1.54, 1.807) is 16.2 Å². The maximum Gasteiger partial charge on any atom is 0.103 e. The van der Waals surface area contributed by atoms with Crippen LogP contribution in [0.3, 0.4) is 0 Å². The molecule has 0 saturated carbocycles. The molecule has 0 radical (unpaired) electrons. The van der Waals surface area contributed by atoms with Crippen molar-refractivity contribution in [1.29, 1.82) is 0 Å². The molecule has 1 atom stereocenters. The fourth-order valence-corrected chi connectivity index (χ4v) is 8.33. The number of benzene rings is 2. The van der Waals surface area contributed by atoms with Gasteiger partial charge in [-0.1, -0.05) is 50.2 Å². The van der Waals surface area contributed by atoms with Crippen LogP contribution in [0.5, 0.6) is 0 Å². The number of fused-ring (bicyclic) bond motifs is 1. The van der Waals surface area contributed by atoms with Crippen LogP contribution in [0.4, 0.5) is 0 Å². The Balaban J connectivity index is 0.00000161. The molecule has 1 heterocycles. The lowest BCUT2D eigenvalue weighted by Crippen LogP contribution is -3.00. The van der Waals surface area contributed by atoms with E-state index >= 15 is 0 Å². The summed E-state index contributed by atoms with van der Waals surface area (Å²) in [6.07, 6.45) is 3.95. The summed E-state index contributed by atoms with van der Waals surface area (Å²) in [4.78, 5) is 0. The predicted octanol–water partition coefficient (Wildman–Crippen LogP) is 1.36. The average molecular weight is 319 g/mol.